The predicted molar refractivity (Wildman–Crippen MR) is 66.5 cm³/mol. The fourth-order valence-corrected chi connectivity index (χ4v) is 1.82. The molecule has 1 aromatic heterocycles. The van der Waals surface area contributed by atoms with Crippen LogP contribution in [0.1, 0.15) is 5.69 Å². The monoisotopic (exact) mass is 267 g/mol. The van der Waals surface area contributed by atoms with Gasteiger partial charge in [-0.15, -0.1) is 0 Å². The molecule has 6 nitrogen and oxygen atoms in total. The molecule has 0 unspecified atom stereocenters. The van der Waals surface area contributed by atoms with Crippen LogP contribution in [0.25, 0.3) is 11.3 Å². The van der Waals surface area contributed by atoms with Crippen LogP contribution in [0.15, 0.2) is 36.4 Å². The molecule has 1 aromatic carbocycles. The van der Waals surface area contributed by atoms with Crippen molar-refractivity contribution in [3.8, 4) is 11.3 Å². The average Bonchev–Trinajstić information content (AvgIpc) is 2.68. The Balaban J connectivity index is 2.23. The van der Waals surface area contributed by atoms with Crippen molar-refractivity contribution < 1.29 is 12.6 Å². The van der Waals surface area contributed by atoms with Gasteiger partial charge in [0.15, 0.2) is 0 Å². The van der Waals surface area contributed by atoms with Crippen LogP contribution in [0.4, 0.5) is 0 Å². The van der Waals surface area contributed by atoms with Gasteiger partial charge in [0, 0.05) is 12.6 Å². The predicted octanol–water partition coefficient (Wildman–Crippen LogP) is 0.807. The first kappa shape index (κ1) is 12.7. The molecule has 1 heterocycles. The van der Waals surface area contributed by atoms with Crippen LogP contribution in [-0.4, -0.2) is 18.2 Å². The molecule has 0 radical (unpaired) electrons. The van der Waals surface area contributed by atoms with Crippen LogP contribution < -0.4 is 5.14 Å². The van der Waals surface area contributed by atoms with Gasteiger partial charge in [-0.3, -0.25) is 8.86 Å². The molecule has 0 aliphatic carbocycles. The molecular formula is C11H13N3O3S. The molecule has 0 spiro atoms. The van der Waals surface area contributed by atoms with Crippen LogP contribution in [0, 0.1) is 0 Å². The SMILES string of the molecule is Cn1nc(-c2ccccc2)cc1COS(N)(=O)=O. The van der Waals surface area contributed by atoms with E-state index >= 15 is 0 Å². The maximum absolute atomic E-state index is 10.7. The lowest BCUT2D eigenvalue weighted by atomic mass is 10.1. The Morgan fingerprint density at radius 3 is 2.61 bits per heavy atom. The quantitative estimate of drug-likeness (QED) is 0.887. The fraction of sp³-hybridized carbons (Fsp3) is 0.182. The highest BCUT2D eigenvalue weighted by Crippen LogP contribution is 2.18. The molecule has 0 saturated heterocycles. The summed E-state index contributed by atoms with van der Waals surface area (Å²) in [7, 11) is -2.22. The Kier molecular flexibility index (Phi) is 3.46. The van der Waals surface area contributed by atoms with Gasteiger partial charge in [-0.2, -0.15) is 13.5 Å². The van der Waals surface area contributed by atoms with Gasteiger partial charge in [0.25, 0.3) is 0 Å². The van der Waals surface area contributed by atoms with E-state index in [2.05, 4.69) is 9.28 Å². The van der Waals surface area contributed by atoms with E-state index < -0.39 is 10.3 Å². The maximum atomic E-state index is 10.7. The Morgan fingerprint density at radius 1 is 1.33 bits per heavy atom. The molecule has 96 valence electrons. The number of nitrogens with two attached hydrogens (primary N) is 1. The smallest absolute Gasteiger partial charge is 0.270 e. The molecule has 0 bridgehead atoms. The van der Waals surface area contributed by atoms with Crippen molar-refractivity contribution in [2.45, 2.75) is 6.61 Å². The van der Waals surface area contributed by atoms with Gasteiger partial charge in [-0.25, -0.2) is 5.14 Å². The summed E-state index contributed by atoms with van der Waals surface area (Å²) < 4.78 is 27.5. The van der Waals surface area contributed by atoms with E-state index in [0.29, 0.717) is 5.69 Å². The second-order valence-electron chi connectivity index (χ2n) is 3.77. The van der Waals surface area contributed by atoms with Crippen LogP contribution in [0.5, 0.6) is 0 Å². The third kappa shape index (κ3) is 3.16. The van der Waals surface area contributed by atoms with Gasteiger partial charge in [0.2, 0.25) is 0 Å². The molecule has 0 amide bonds. The van der Waals surface area contributed by atoms with Crippen molar-refractivity contribution >= 4 is 10.3 Å². The summed E-state index contributed by atoms with van der Waals surface area (Å²) in [5, 5.41) is 9.05. The minimum Gasteiger partial charge on any atom is -0.270 e. The molecular weight excluding hydrogens is 254 g/mol. The molecule has 18 heavy (non-hydrogen) atoms. The molecule has 2 aromatic rings. The molecule has 0 atom stereocenters. The topological polar surface area (TPSA) is 87.2 Å². The van der Waals surface area contributed by atoms with Crippen LogP contribution in [0.2, 0.25) is 0 Å². The van der Waals surface area contributed by atoms with Gasteiger partial charge in [-0.05, 0) is 6.07 Å². The van der Waals surface area contributed by atoms with Crippen molar-refractivity contribution in [3.63, 3.8) is 0 Å². The van der Waals surface area contributed by atoms with Crippen LogP contribution in [-0.2, 0) is 28.1 Å². The summed E-state index contributed by atoms with van der Waals surface area (Å²) in [5.41, 5.74) is 2.34. The van der Waals surface area contributed by atoms with E-state index in [1.165, 1.54) is 0 Å². The Labute approximate surface area is 105 Å². The molecule has 0 aliphatic heterocycles. The second kappa shape index (κ2) is 4.89. The first-order valence-corrected chi connectivity index (χ1v) is 6.68. The van der Waals surface area contributed by atoms with Crippen molar-refractivity contribution in [1.82, 2.24) is 9.78 Å². The highest BCUT2D eigenvalue weighted by molar-refractivity contribution is 7.84. The van der Waals surface area contributed by atoms with Crippen molar-refractivity contribution in [2.24, 2.45) is 12.2 Å². The highest BCUT2D eigenvalue weighted by atomic mass is 32.2. The third-order valence-electron chi connectivity index (χ3n) is 2.42. The largest absolute Gasteiger partial charge is 0.333 e. The lowest BCUT2D eigenvalue weighted by Gasteiger charge is -2.00. The molecule has 0 fully saturated rings. The van der Waals surface area contributed by atoms with Gasteiger partial charge in [0.05, 0.1) is 11.4 Å². The normalized spacial score (nSPS) is 11.7. The zero-order valence-corrected chi connectivity index (χ0v) is 10.6. The highest BCUT2D eigenvalue weighted by Gasteiger charge is 2.10. The molecule has 0 aliphatic rings. The van der Waals surface area contributed by atoms with Crippen molar-refractivity contribution in [2.75, 3.05) is 0 Å². The number of hydrogen-bond donors (Lipinski definition) is 1. The van der Waals surface area contributed by atoms with Gasteiger partial charge < -0.3 is 0 Å². The zero-order chi connectivity index (χ0) is 13.2. The Bertz CT molecular complexity index is 635. The van der Waals surface area contributed by atoms with E-state index in [1.54, 1.807) is 17.8 Å². The zero-order valence-electron chi connectivity index (χ0n) is 9.78. The second-order valence-corrected chi connectivity index (χ2v) is 4.99. The minimum absolute atomic E-state index is 0.130. The number of aryl methyl sites for hydroxylation is 1. The maximum Gasteiger partial charge on any atom is 0.333 e. The molecule has 2 rings (SSSR count). The first-order chi connectivity index (χ1) is 8.46. The number of aromatic nitrogens is 2. The summed E-state index contributed by atoms with van der Waals surface area (Å²) in [6.45, 7) is -0.130. The van der Waals surface area contributed by atoms with E-state index in [4.69, 9.17) is 5.14 Å². The third-order valence-corrected chi connectivity index (χ3v) is 2.86. The molecule has 7 heteroatoms. The van der Waals surface area contributed by atoms with E-state index in [0.717, 1.165) is 11.3 Å². The summed E-state index contributed by atoms with van der Waals surface area (Å²) in [6, 6.07) is 11.3. The summed E-state index contributed by atoms with van der Waals surface area (Å²) >= 11 is 0. The summed E-state index contributed by atoms with van der Waals surface area (Å²) in [6.07, 6.45) is 0. The van der Waals surface area contributed by atoms with Gasteiger partial charge in [0.1, 0.15) is 6.61 Å². The molecule has 0 saturated carbocycles. The summed E-state index contributed by atoms with van der Waals surface area (Å²) in [4.78, 5) is 0. The first-order valence-electron chi connectivity index (χ1n) is 5.21. The Hall–Kier alpha value is -1.70. The van der Waals surface area contributed by atoms with Gasteiger partial charge >= 0.3 is 10.3 Å². The minimum atomic E-state index is -3.94. The van der Waals surface area contributed by atoms with Crippen molar-refractivity contribution in [3.05, 3.63) is 42.1 Å². The van der Waals surface area contributed by atoms with E-state index in [1.807, 2.05) is 30.3 Å². The number of hydrogen-bond acceptors (Lipinski definition) is 4. The molecule has 2 N–H and O–H groups in total. The number of rotatable bonds is 4. The van der Waals surface area contributed by atoms with E-state index in [9.17, 15) is 8.42 Å². The standard InChI is InChI=1S/C11H13N3O3S/c1-14-10(8-17-18(12,15)16)7-11(13-14)9-5-3-2-4-6-9/h2-7H,8H2,1H3,(H2,12,15,16). The van der Waals surface area contributed by atoms with E-state index in [-0.39, 0.29) is 6.61 Å². The summed E-state index contributed by atoms with van der Waals surface area (Å²) in [5.74, 6) is 0. The van der Waals surface area contributed by atoms with Crippen LogP contribution in [0.3, 0.4) is 0 Å². The Morgan fingerprint density at radius 2 is 2.00 bits per heavy atom. The average molecular weight is 267 g/mol. The van der Waals surface area contributed by atoms with Crippen LogP contribution >= 0.6 is 0 Å². The number of benzene rings is 1. The number of nitrogens with zero attached hydrogens (tertiary/aromatic N) is 2. The lowest BCUT2D eigenvalue weighted by molar-refractivity contribution is 0.298. The fourth-order valence-electron chi connectivity index (χ4n) is 1.53. The van der Waals surface area contributed by atoms with Gasteiger partial charge in [-0.1, -0.05) is 30.3 Å². The lowest BCUT2D eigenvalue weighted by Crippen LogP contribution is -2.16. The van der Waals surface area contributed by atoms with Crippen molar-refractivity contribution in [1.29, 1.82) is 0 Å².